The van der Waals surface area contributed by atoms with Gasteiger partial charge in [-0.25, -0.2) is 4.39 Å². The van der Waals surface area contributed by atoms with E-state index in [1.54, 1.807) is 17.3 Å². The molecule has 2 saturated heterocycles. The van der Waals surface area contributed by atoms with E-state index in [1.165, 1.54) is 17.8 Å². The number of hydrogen-bond donors (Lipinski definition) is 0. The zero-order chi connectivity index (χ0) is 17.9. The largest absolute Gasteiger partial charge is 0.375 e. The summed E-state index contributed by atoms with van der Waals surface area (Å²) in [7, 11) is 0. The van der Waals surface area contributed by atoms with Crippen molar-refractivity contribution < 1.29 is 13.9 Å². The number of rotatable bonds is 3. The molecule has 0 aromatic carbocycles. The lowest BCUT2D eigenvalue weighted by atomic mass is 9.97. The number of halogens is 1. The van der Waals surface area contributed by atoms with Crippen molar-refractivity contribution in [2.45, 2.75) is 25.1 Å². The Kier molecular flexibility index (Phi) is 4.90. The second-order valence-electron chi connectivity index (χ2n) is 6.70. The van der Waals surface area contributed by atoms with E-state index in [4.69, 9.17) is 4.74 Å². The van der Waals surface area contributed by atoms with Crippen LogP contribution in [0.2, 0.25) is 0 Å². The normalized spacial score (nSPS) is 23.5. The van der Waals surface area contributed by atoms with Gasteiger partial charge in [-0.1, -0.05) is 0 Å². The van der Waals surface area contributed by atoms with Crippen LogP contribution in [-0.4, -0.2) is 64.1 Å². The monoisotopic (exact) mass is 356 g/mol. The number of morpholine rings is 1. The van der Waals surface area contributed by atoms with Gasteiger partial charge in [-0.05, 0) is 30.2 Å². The molecule has 0 unspecified atom stereocenters. The molecule has 4 heterocycles. The van der Waals surface area contributed by atoms with Crippen molar-refractivity contribution in [1.82, 2.24) is 19.8 Å². The molecule has 1 amide bonds. The fourth-order valence-corrected chi connectivity index (χ4v) is 3.76. The van der Waals surface area contributed by atoms with Gasteiger partial charge in [0.15, 0.2) is 5.82 Å². The summed E-state index contributed by atoms with van der Waals surface area (Å²) in [6, 6.07) is 5.56. The number of fused-ring (bicyclic) bond motifs is 1. The number of carbonyl (C=O) groups is 1. The lowest BCUT2D eigenvalue weighted by Crippen LogP contribution is -2.60. The van der Waals surface area contributed by atoms with Gasteiger partial charge in [-0.15, -0.1) is 0 Å². The molecule has 2 aliphatic rings. The number of piperidine rings is 1. The minimum atomic E-state index is -0.576. The van der Waals surface area contributed by atoms with Gasteiger partial charge in [0.1, 0.15) is 0 Å². The van der Waals surface area contributed by atoms with Crippen molar-refractivity contribution in [3.8, 4) is 0 Å². The van der Waals surface area contributed by atoms with Gasteiger partial charge < -0.3 is 9.64 Å². The molecular formula is C19H21FN4O2. The van der Waals surface area contributed by atoms with Gasteiger partial charge >= 0.3 is 0 Å². The molecule has 2 fully saturated rings. The molecular weight excluding hydrogens is 335 g/mol. The van der Waals surface area contributed by atoms with Crippen LogP contribution in [0.3, 0.4) is 0 Å². The van der Waals surface area contributed by atoms with Crippen LogP contribution in [0, 0.1) is 5.82 Å². The van der Waals surface area contributed by atoms with E-state index in [1.807, 2.05) is 12.1 Å². The third-order valence-electron chi connectivity index (χ3n) is 5.12. The average Bonchev–Trinajstić information content (AvgIpc) is 2.69. The number of likely N-dealkylation sites (tertiary alicyclic amines) is 1. The molecule has 0 aliphatic carbocycles. The van der Waals surface area contributed by atoms with Crippen molar-refractivity contribution in [3.63, 3.8) is 0 Å². The topological polar surface area (TPSA) is 58.6 Å². The van der Waals surface area contributed by atoms with Gasteiger partial charge in [0.05, 0.1) is 30.5 Å². The van der Waals surface area contributed by atoms with E-state index in [0.29, 0.717) is 19.7 Å². The highest BCUT2D eigenvalue weighted by Gasteiger charge is 2.38. The van der Waals surface area contributed by atoms with Crippen LogP contribution in [0.5, 0.6) is 0 Å². The molecule has 0 radical (unpaired) electrons. The number of ether oxygens (including phenoxy) is 1. The highest BCUT2D eigenvalue weighted by molar-refractivity contribution is 5.94. The molecule has 0 bridgehead atoms. The van der Waals surface area contributed by atoms with E-state index in [9.17, 15) is 9.18 Å². The number of carbonyl (C=O) groups excluding carboxylic acids is 1. The summed E-state index contributed by atoms with van der Waals surface area (Å²) in [5.41, 5.74) is 1.26. The molecule has 136 valence electrons. The van der Waals surface area contributed by atoms with Gasteiger partial charge in [0, 0.05) is 44.8 Å². The van der Waals surface area contributed by atoms with Crippen LogP contribution in [-0.2, 0) is 11.3 Å². The van der Waals surface area contributed by atoms with Crippen molar-refractivity contribution in [1.29, 1.82) is 0 Å². The molecule has 2 aliphatic heterocycles. The zero-order valence-corrected chi connectivity index (χ0v) is 14.4. The minimum Gasteiger partial charge on any atom is -0.375 e. The number of aromatic nitrogens is 2. The molecule has 0 saturated carbocycles. The average molecular weight is 356 g/mol. The van der Waals surface area contributed by atoms with Crippen LogP contribution in [0.4, 0.5) is 4.39 Å². The lowest BCUT2D eigenvalue weighted by Gasteiger charge is -2.47. The van der Waals surface area contributed by atoms with Crippen molar-refractivity contribution in [2.75, 3.05) is 26.2 Å². The van der Waals surface area contributed by atoms with Crippen molar-refractivity contribution in [2.24, 2.45) is 0 Å². The highest BCUT2D eigenvalue weighted by atomic mass is 19.1. The maximum absolute atomic E-state index is 13.9. The fourth-order valence-electron chi connectivity index (χ4n) is 3.76. The first kappa shape index (κ1) is 17.1. The Morgan fingerprint density at radius 1 is 1.19 bits per heavy atom. The lowest BCUT2D eigenvalue weighted by molar-refractivity contribution is -0.101. The van der Waals surface area contributed by atoms with Gasteiger partial charge in [-0.2, -0.15) is 0 Å². The summed E-state index contributed by atoms with van der Waals surface area (Å²) < 4.78 is 19.9. The van der Waals surface area contributed by atoms with Gasteiger partial charge in [0.25, 0.3) is 5.91 Å². The number of amides is 1. The number of pyridine rings is 2. The quantitative estimate of drug-likeness (QED) is 0.838. The highest BCUT2D eigenvalue weighted by Crippen LogP contribution is 2.26. The standard InChI is InChI=1S/C19H21FN4O2/c20-16-11-22-7-3-15(16)19(25)24-8-4-18-17(13-24)23(9-10-26-18)12-14-1-5-21-6-2-14/h1-3,5-7,11,17-18H,4,8-10,12-13H2/t17-,18-/m0/s1. The predicted molar refractivity (Wildman–Crippen MR) is 92.9 cm³/mol. The summed E-state index contributed by atoms with van der Waals surface area (Å²) in [5.74, 6) is -0.856. The third kappa shape index (κ3) is 3.45. The van der Waals surface area contributed by atoms with Crippen molar-refractivity contribution >= 4 is 5.91 Å². The Hall–Kier alpha value is -2.38. The van der Waals surface area contributed by atoms with Crippen LogP contribution >= 0.6 is 0 Å². The molecule has 0 N–H and O–H groups in total. The molecule has 6 nitrogen and oxygen atoms in total. The smallest absolute Gasteiger partial charge is 0.257 e. The SMILES string of the molecule is O=C(c1ccncc1F)N1CC[C@@H]2OCCN(Cc3ccncc3)[C@H]2C1. The molecule has 7 heteroatoms. The molecule has 26 heavy (non-hydrogen) atoms. The van der Waals surface area contributed by atoms with E-state index < -0.39 is 5.82 Å². The van der Waals surface area contributed by atoms with Crippen molar-refractivity contribution in [3.05, 3.63) is 59.9 Å². The second kappa shape index (κ2) is 7.47. The second-order valence-corrected chi connectivity index (χ2v) is 6.70. The summed E-state index contributed by atoms with van der Waals surface area (Å²) in [6.07, 6.45) is 6.97. The van der Waals surface area contributed by atoms with Gasteiger partial charge in [0.2, 0.25) is 0 Å². The minimum absolute atomic E-state index is 0.0795. The number of hydrogen-bond acceptors (Lipinski definition) is 5. The maximum Gasteiger partial charge on any atom is 0.257 e. The van der Waals surface area contributed by atoms with Crippen LogP contribution < -0.4 is 0 Å². The number of nitrogens with zero attached hydrogens (tertiary/aromatic N) is 4. The first-order chi connectivity index (χ1) is 12.7. The summed E-state index contributed by atoms with van der Waals surface area (Å²) in [5, 5.41) is 0. The Bertz CT molecular complexity index is 773. The van der Waals surface area contributed by atoms with Crippen LogP contribution in [0.1, 0.15) is 22.3 Å². The fraction of sp³-hybridized carbons (Fsp3) is 0.421. The third-order valence-corrected chi connectivity index (χ3v) is 5.12. The maximum atomic E-state index is 13.9. The molecule has 4 rings (SSSR count). The van der Waals surface area contributed by atoms with E-state index in [-0.39, 0.29) is 23.6 Å². The van der Waals surface area contributed by atoms with Crippen LogP contribution in [0.15, 0.2) is 43.0 Å². The Labute approximate surface area is 151 Å². The Morgan fingerprint density at radius 3 is 2.81 bits per heavy atom. The molecule has 2 aromatic rings. The zero-order valence-electron chi connectivity index (χ0n) is 14.4. The first-order valence-electron chi connectivity index (χ1n) is 8.86. The predicted octanol–water partition coefficient (Wildman–Crippen LogP) is 1.73. The molecule has 2 atom stereocenters. The summed E-state index contributed by atoms with van der Waals surface area (Å²) >= 11 is 0. The Balaban J connectivity index is 1.50. The summed E-state index contributed by atoms with van der Waals surface area (Å²) in [6.45, 7) is 3.41. The Morgan fingerprint density at radius 2 is 2.00 bits per heavy atom. The first-order valence-corrected chi connectivity index (χ1v) is 8.86. The van der Waals surface area contributed by atoms with Crippen LogP contribution in [0.25, 0.3) is 0 Å². The van der Waals surface area contributed by atoms with E-state index in [2.05, 4.69) is 14.9 Å². The van der Waals surface area contributed by atoms with E-state index >= 15 is 0 Å². The van der Waals surface area contributed by atoms with Gasteiger partial charge in [-0.3, -0.25) is 19.7 Å². The molecule has 2 aromatic heterocycles. The molecule has 0 spiro atoms. The van der Waals surface area contributed by atoms with E-state index in [0.717, 1.165) is 25.7 Å². The summed E-state index contributed by atoms with van der Waals surface area (Å²) in [4.78, 5) is 24.6.